The van der Waals surface area contributed by atoms with Crippen LogP contribution in [0.3, 0.4) is 0 Å². The van der Waals surface area contributed by atoms with Crippen LogP contribution in [0.1, 0.15) is 10.4 Å². The third-order valence-corrected chi connectivity index (χ3v) is 4.66. The normalized spacial score (nSPS) is 12.0. The van der Waals surface area contributed by atoms with Crippen LogP contribution in [-0.2, 0) is 10.8 Å². The molecular formula is C15H12BrFO3S. The largest absolute Gasteiger partial charge is 0.494 e. The molecule has 110 valence electrons. The number of halogens is 2. The van der Waals surface area contributed by atoms with Gasteiger partial charge in [-0.25, -0.2) is 4.39 Å². The zero-order valence-corrected chi connectivity index (χ0v) is 13.5. The topological polar surface area (TPSA) is 43.4 Å². The minimum absolute atomic E-state index is 0.0700. The summed E-state index contributed by atoms with van der Waals surface area (Å²) in [4.78, 5) is 12.6. The SMILES string of the molecule is COc1ccc(C(=O)CS(=O)c2ccc(Br)cc2)cc1F. The maximum Gasteiger partial charge on any atom is 0.175 e. The van der Waals surface area contributed by atoms with Crippen LogP contribution in [0, 0.1) is 5.82 Å². The number of carbonyl (C=O) groups is 1. The van der Waals surface area contributed by atoms with Gasteiger partial charge in [0, 0.05) is 14.9 Å². The van der Waals surface area contributed by atoms with Crippen molar-refractivity contribution in [3.63, 3.8) is 0 Å². The number of hydrogen-bond donors (Lipinski definition) is 0. The summed E-state index contributed by atoms with van der Waals surface area (Å²) in [6.45, 7) is 0. The molecule has 3 nitrogen and oxygen atoms in total. The Labute approximate surface area is 132 Å². The molecule has 0 aliphatic carbocycles. The van der Waals surface area contributed by atoms with Gasteiger partial charge < -0.3 is 4.74 Å². The number of carbonyl (C=O) groups excluding carboxylic acids is 1. The zero-order valence-electron chi connectivity index (χ0n) is 11.1. The van der Waals surface area contributed by atoms with E-state index in [0.29, 0.717) is 4.90 Å². The van der Waals surface area contributed by atoms with Gasteiger partial charge in [0.25, 0.3) is 0 Å². The number of benzene rings is 2. The van der Waals surface area contributed by atoms with Crippen molar-refractivity contribution in [2.24, 2.45) is 0 Å². The van der Waals surface area contributed by atoms with Crippen molar-refractivity contribution in [2.45, 2.75) is 4.90 Å². The predicted molar refractivity (Wildman–Crippen MR) is 82.7 cm³/mol. The van der Waals surface area contributed by atoms with Crippen molar-refractivity contribution in [1.29, 1.82) is 0 Å². The second kappa shape index (κ2) is 6.95. The molecule has 2 rings (SSSR count). The highest BCUT2D eigenvalue weighted by Gasteiger charge is 2.14. The van der Waals surface area contributed by atoms with Crippen molar-refractivity contribution in [2.75, 3.05) is 12.9 Å². The van der Waals surface area contributed by atoms with E-state index < -0.39 is 16.6 Å². The molecule has 1 atom stereocenters. The van der Waals surface area contributed by atoms with E-state index in [2.05, 4.69) is 15.9 Å². The number of rotatable bonds is 5. The van der Waals surface area contributed by atoms with E-state index in [4.69, 9.17) is 4.74 Å². The summed E-state index contributed by atoms with van der Waals surface area (Å²) in [6.07, 6.45) is 0. The Bertz CT molecular complexity index is 686. The summed E-state index contributed by atoms with van der Waals surface area (Å²) < 4.78 is 31.3. The summed E-state index contributed by atoms with van der Waals surface area (Å²) in [6, 6.07) is 10.8. The van der Waals surface area contributed by atoms with E-state index in [9.17, 15) is 13.4 Å². The molecule has 0 aliphatic heterocycles. The maximum atomic E-state index is 13.6. The van der Waals surface area contributed by atoms with Crippen LogP contribution in [0.25, 0.3) is 0 Å². The Balaban J connectivity index is 2.12. The fourth-order valence-corrected chi connectivity index (χ4v) is 2.99. The van der Waals surface area contributed by atoms with Gasteiger partial charge in [-0.1, -0.05) is 15.9 Å². The molecule has 0 aromatic heterocycles. The van der Waals surface area contributed by atoms with Gasteiger partial charge in [0.1, 0.15) is 0 Å². The van der Waals surface area contributed by atoms with Crippen molar-refractivity contribution in [3.8, 4) is 5.75 Å². The average molecular weight is 371 g/mol. The quantitative estimate of drug-likeness (QED) is 0.755. The molecule has 2 aromatic carbocycles. The van der Waals surface area contributed by atoms with Crippen LogP contribution in [-0.4, -0.2) is 22.9 Å². The Morgan fingerprint density at radius 3 is 2.48 bits per heavy atom. The molecule has 1 unspecified atom stereocenters. The van der Waals surface area contributed by atoms with Gasteiger partial charge in [-0.2, -0.15) is 0 Å². The lowest BCUT2D eigenvalue weighted by Gasteiger charge is -2.05. The first kappa shape index (κ1) is 15.9. The fourth-order valence-electron chi connectivity index (χ4n) is 1.71. The summed E-state index contributed by atoms with van der Waals surface area (Å²) >= 11 is 3.28. The smallest absolute Gasteiger partial charge is 0.175 e. The van der Waals surface area contributed by atoms with Gasteiger partial charge in [-0.3, -0.25) is 9.00 Å². The van der Waals surface area contributed by atoms with Crippen LogP contribution >= 0.6 is 15.9 Å². The molecule has 0 amide bonds. The molecule has 0 aliphatic rings. The van der Waals surface area contributed by atoms with Gasteiger partial charge in [0.2, 0.25) is 0 Å². The van der Waals surface area contributed by atoms with Crippen LogP contribution in [0.5, 0.6) is 5.75 Å². The fraction of sp³-hybridized carbons (Fsp3) is 0.133. The van der Waals surface area contributed by atoms with Crippen LogP contribution in [0.15, 0.2) is 51.8 Å². The van der Waals surface area contributed by atoms with Gasteiger partial charge >= 0.3 is 0 Å². The van der Waals surface area contributed by atoms with E-state index in [1.165, 1.54) is 19.2 Å². The van der Waals surface area contributed by atoms with Gasteiger partial charge in [0.05, 0.1) is 23.7 Å². The first-order valence-electron chi connectivity index (χ1n) is 6.02. The van der Waals surface area contributed by atoms with Crippen LogP contribution < -0.4 is 4.74 Å². The average Bonchev–Trinajstić information content (AvgIpc) is 2.47. The zero-order chi connectivity index (χ0) is 15.4. The Morgan fingerprint density at radius 1 is 1.24 bits per heavy atom. The van der Waals surface area contributed by atoms with Crippen molar-refractivity contribution >= 4 is 32.5 Å². The summed E-state index contributed by atoms with van der Waals surface area (Å²) in [5.74, 6) is -1.11. The molecule has 0 bridgehead atoms. The lowest BCUT2D eigenvalue weighted by atomic mass is 10.1. The van der Waals surface area contributed by atoms with Crippen molar-refractivity contribution in [1.82, 2.24) is 0 Å². The molecule has 2 aromatic rings. The lowest BCUT2D eigenvalue weighted by Crippen LogP contribution is -2.11. The predicted octanol–water partition coefficient (Wildman–Crippen LogP) is 3.59. The third-order valence-electron chi connectivity index (χ3n) is 2.81. The van der Waals surface area contributed by atoms with Crippen molar-refractivity contribution in [3.05, 3.63) is 58.3 Å². The number of hydrogen-bond acceptors (Lipinski definition) is 3. The Kier molecular flexibility index (Phi) is 5.25. The van der Waals surface area contributed by atoms with E-state index in [-0.39, 0.29) is 22.8 Å². The summed E-state index contributed by atoms with van der Waals surface area (Å²) in [7, 11) is -0.110. The minimum Gasteiger partial charge on any atom is -0.494 e. The highest BCUT2D eigenvalue weighted by molar-refractivity contribution is 9.10. The van der Waals surface area contributed by atoms with E-state index in [1.807, 2.05) is 0 Å². The van der Waals surface area contributed by atoms with Crippen LogP contribution in [0.4, 0.5) is 4.39 Å². The molecule has 0 fully saturated rings. The third kappa shape index (κ3) is 3.98. The standard InChI is InChI=1S/C15H12BrFO3S/c1-20-15-7-2-10(8-13(15)17)14(18)9-21(19)12-5-3-11(16)4-6-12/h2-8H,9H2,1H3. The van der Waals surface area contributed by atoms with E-state index in [0.717, 1.165) is 10.5 Å². The second-order valence-electron chi connectivity index (χ2n) is 4.22. The first-order valence-corrected chi connectivity index (χ1v) is 8.13. The number of Topliss-reactive ketones (excluding diaryl/α,β-unsaturated/α-hetero) is 1. The number of methoxy groups -OCH3 is 1. The molecule has 0 radical (unpaired) electrons. The number of ether oxygens (including phenoxy) is 1. The second-order valence-corrected chi connectivity index (χ2v) is 6.58. The molecule has 0 N–H and O–H groups in total. The summed E-state index contributed by atoms with van der Waals surface area (Å²) in [5.41, 5.74) is 0.179. The molecule has 0 saturated heterocycles. The van der Waals surface area contributed by atoms with Crippen LogP contribution in [0.2, 0.25) is 0 Å². The Hall–Kier alpha value is -1.53. The maximum absolute atomic E-state index is 13.6. The monoisotopic (exact) mass is 370 g/mol. The van der Waals surface area contributed by atoms with Crippen molar-refractivity contribution < 1.29 is 18.1 Å². The Morgan fingerprint density at radius 2 is 1.90 bits per heavy atom. The highest BCUT2D eigenvalue weighted by Crippen LogP contribution is 2.19. The van der Waals surface area contributed by atoms with E-state index >= 15 is 0 Å². The van der Waals surface area contributed by atoms with Gasteiger partial charge in [0.15, 0.2) is 17.3 Å². The number of ketones is 1. The first-order chi connectivity index (χ1) is 10.0. The molecule has 0 spiro atoms. The molecule has 21 heavy (non-hydrogen) atoms. The molecule has 6 heteroatoms. The summed E-state index contributed by atoms with van der Waals surface area (Å²) in [5, 5.41) is 0. The molecular weight excluding hydrogens is 359 g/mol. The molecule has 0 saturated carbocycles. The van der Waals surface area contributed by atoms with Gasteiger partial charge in [-0.05, 0) is 42.5 Å². The molecule has 0 heterocycles. The minimum atomic E-state index is -1.46. The highest BCUT2D eigenvalue weighted by atomic mass is 79.9. The van der Waals surface area contributed by atoms with E-state index in [1.54, 1.807) is 24.3 Å². The lowest BCUT2D eigenvalue weighted by molar-refractivity contribution is 0.102. The van der Waals surface area contributed by atoms with Gasteiger partial charge in [-0.15, -0.1) is 0 Å².